The standard InChI is InChI=1S/C22H28FN5O2/c1-16-15-20(25-22(24-16)28-9-5-6-10-28)26-11-13-27(14-12-26)21(29)17(2)30-19-8-4-3-7-18(19)23/h3-4,7-8,15,17H,5-6,9-14H2,1-2H3. The molecule has 2 aliphatic rings. The Balaban J connectivity index is 1.36. The van der Waals surface area contributed by atoms with Crippen molar-refractivity contribution in [2.24, 2.45) is 0 Å². The van der Waals surface area contributed by atoms with E-state index in [1.54, 1.807) is 24.0 Å². The van der Waals surface area contributed by atoms with E-state index in [1.807, 2.05) is 13.0 Å². The van der Waals surface area contributed by atoms with Crippen molar-refractivity contribution in [3.63, 3.8) is 0 Å². The Morgan fingerprint density at radius 2 is 1.73 bits per heavy atom. The Kier molecular flexibility index (Phi) is 6.01. The summed E-state index contributed by atoms with van der Waals surface area (Å²) in [6, 6.07) is 8.14. The van der Waals surface area contributed by atoms with Crippen LogP contribution in [0.25, 0.3) is 0 Å². The Hall–Kier alpha value is -2.90. The van der Waals surface area contributed by atoms with Crippen molar-refractivity contribution in [1.82, 2.24) is 14.9 Å². The Labute approximate surface area is 176 Å². The number of carbonyl (C=O) groups excluding carboxylic acids is 1. The van der Waals surface area contributed by atoms with Crippen molar-refractivity contribution in [3.8, 4) is 5.75 Å². The molecule has 1 atom stereocenters. The lowest BCUT2D eigenvalue weighted by atomic mass is 10.2. The minimum atomic E-state index is -0.739. The second-order valence-corrected chi connectivity index (χ2v) is 7.86. The molecule has 7 nitrogen and oxygen atoms in total. The van der Waals surface area contributed by atoms with Gasteiger partial charge in [0.05, 0.1) is 0 Å². The summed E-state index contributed by atoms with van der Waals surface area (Å²) in [5.41, 5.74) is 0.951. The molecule has 1 unspecified atom stereocenters. The lowest BCUT2D eigenvalue weighted by molar-refractivity contribution is -0.138. The van der Waals surface area contributed by atoms with E-state index >= 15 is 0 Å². The summed E-state index contributed by atoms with van der Waals surface area (Å²) in [6.07, 6.45) is 1.62. The second kappa shape index (κ2) is 8.85. The van der Waals surface area contributed by atoms with Crippen LogP contribution in [0, 0.1) is 12.7 Å². The first-order chi connectivity index (χ1) is 14.5. The van der Waals surface area contributed by atoms with E-state index in [1.165, 1.54) is 25.0 Å². The van der Waals surface area contributed by atoms with E-state index in [4.69, 9.17) is 9.72 Å². The molecule has 0 N–H and O–H groups in total. The van der Waals surface area contributed by atoms with E-state index in [-0.39, 0.29) is 11.7 Å². The zero-order chi connectivity index (χ0) is 21.1. The van der Waals surface area contributed by atoms with Crippen LogP contribution in [0.1, 0.15) is 25.5 Å². The van der Waals surface area contributed by atoms with E-state index in [9.17, 15) is 9.18 Å². The number of ether oxygens (including phenoxy) is 1. The molecule has 160 valence electrons. The second-order valence-electron chi connectivity index (χ2n) is 7.86. The van der Waals surface area contributed by atoms with Crippen LogP contribution in [-0.4, -0.2) is 66.1 Å². The third-order valence-corrected chi connectivity index (χ3v) is 5.62. The third-order valence-electron chi connectivity index (χ3n) is 5.62. The molecule has 0 radical (unpaired) electrons. The SMILES string of the molecule is Cc1cc(N2CCN(C(=O)C(C)Oc3ccccc3F)CC2)nc(N2CCCC2)n1. The first-order valence-electron chi connectivity index (χ1n) is 10.6. The van der Waals surface area contributed by atoms with Gasteiger partial charge in [-0.3, -0.25) is 4.79 Å². The molecular weight excluding hydrogens is 385 g/mol. The number of nitrogens with zero attached hydrogens (tertiary/aromatic N) is 5. The van der Waals surface area contributed by atoms with E-state index in [2.05, 4.69) is 14.8 Å². The van der Waals surface area contributed by atoms with Crippen LogP contribution in [0.3, 0.4) is 0 Å². The zero-order valence-electron chi connectivity index (χ0n) is 17.6. The highest BCUT2D eigenvalue weighted by atomic mass is 19.1. The van der Waals surface area contributed by atoms with E-state index < -0.39 is 11.9 Å². The maximum Gasteiger partial charge on any atom is 0.263 e. The predicted octanol–water partition coefficient (Wildman–Crippen LogP) is 2.64. The maximum absolute atomic E-state index is 13.8. The number of amides is 1. The molecule has 2 aromatic rings. The number of halogens is 1. The molecule has 2 saturated heterocycles. The van der Waals surface area contributed by atoms with Gasteiger partial charge in [0.1, 0.15) is 5.82 Å². The molecule has 0 spiro atoms. The topological polar surface area (TPSA) is 61.8 Å². The van der Waals surface area contributed by atoms with Gasteiger partial charge in [-0.15, -0.1) is 0 Å². The smallest absolute Gasteiger partial charge is 0.263 e. The number of aromatic nitrogens is 2. The van der Waals surface area contributed by atoms with Gasteiger partial charge in [-0.25, -0.2) is 9.37 Å². The Bertz CT molecular complexity index is 895. The van der Waals surface area contributed by atoms with Crippen molar-refractivity contribution in [3.05, 3.63) is 41.8 Å². The van der Waals surface area contributed by atoms with Crippen molar-refractivity contribution in [1.29, 1.82) is 0 Å². The molecule has 1 aromatic carbocycles. The summed E-state index contributed by atoms with van der Waals surface area (Å²) < 4.78 is 19.4. The van der Waals surface area contributed by atoms with Crippen molar-refractivity contribution in [2.75, 3.05) is 49.1 Å². The van der Waals surface area contributed by atoms with Crippen molar-refractivity contribution in [2.45, 2.75) is 32.8 Å². The fraction of sp³-hybridized carbons (Fsp3) is 0.500. The summed E-state index contributed by atoms with van der Waals surface area (Å²) in [4.78, 5) is 28.4. The molecule has 0 saturated carbocycles. The van der Waals surface area contributed by atoms with Gasteiger partial charge in [0, 0.05) is 51.0 Å². The summed E-state index contributed by atoms with van der Waals surface area (Å²) in [6.45, 7) is 8.19. The first kappa shape index (κ1) is 20.4. The largest absolute Gasteiger partial charge is 0.478 e. The minimum Gasteiger partial charge on any atom is -0.478 e. The van der Waals surface area contributed by atoms with Gasteiger partial charge in [0.2, 0.25) is 5.95 Å². The number of benzene rings is 1. The lowest BCUT2D eigenvalue weighted by Crippen LogP contribution is -2.52. The molecule has 2 fully saturated rings. The highest BCUT2D eigenvalue weighted by Crippen LogP contribution is 2.22. The number of piperazine rings is 1. The van der Waals surface area contributed by atoms with Gasteiger partial charge < -0.3 is 19.4 Å². The molecular formula is C22H28FN5O2. The van der Waals surface area contributed by atoms with Gasteiger partial charge in [0.25, 0.3) is 5.91 Å². The number of anilines is 2. The number of hydrogen-bond acceptors (Lipinski definition) is 6. The number of hydrogen-bond donors (Lipinski definition) is 0. The Morgan fingerprint density at radius 3 is 2.43 bits per heavy atom. The predicted molar refractivity (Wildman–Crippen MR) is 113 cm³/mol. The van der Waals surface area contributed by atoms with Crippen LogP contribution in [-0.2, 0) is 4.79 Å². The van der Waals surface area contributed by atoms with Gasteiger partial charge in [-0.05, 0) is 38.8 Å². The molecule has 0 bridgehead atoms. The normalized spacial score (nSPS) is 17.9. The fourth-order valence-electron chi connectivity index (χ4n) is 3.95. The van der Waals surface area contributed by atoms with Gasteiger partial charge >= 0.3 is 0 Å². The fourth-order valence-corrected chi connectivity index (χ4v) is 3.95. The van der Waals surface area contributed by atoms with E-state index in [0.717, 1.165) is 30.5 Å². The quantitative estimate of drug-likeness (QED) is 0.751. The number of carbonyl (C=O) groups is 1. The number of rotatable bonds is 5. The van der Waals surface area contributed by atoms with Gasteiger partial charge in [-0.2, -0.15) is 4.98 Å². The van der Waals surface area contributed by atoms with Gasteiger partial charge in [0.15, 0.2) is 17.7 Å². The Morgan fingerprint density at radius 1 is 1.03 bits per heavy atom. The first-order valence-corrected chi connectivity index (χ1v) is 10.6. The molecule has 1 aromatic heterocycles. The molecule has 3 heterocycles. The lowest BCUT2D eigenvalue weighted by Gasteiger charge is -2.36. The van der Waals surface area contributed by atoms with Crippen LogP contribution in [0.2, 0.25) is 0 Å². The van der Waals surface area contributed by atoms with Crippen molar-refractivity contribution >= 4 is 17.7 Å². The van der Waals surface area contributed by atoms with Crippen LogP contribution in [0.5, 0.6) is 5.75 Å². The van der Waals surface area contributed by atoms with Crippen molar-refractivity contribution < 1.29 is 13.9 Å². The molecule has 8 heteroatoms. The molecule has 1 amide bonds. The third kappa shape index (κ3) is 4.47. The highest BCUT2D eigenvalue weighted by molar-refractivity contribution is 5.81. The van der Waals surface area contributed by atoms with Gasteiger partial charge in [-0.1, -0.05) is 12.1 Å². The highest BCUT2D eigenvalue weighted by Gasteiger charge is 2.27. The number of aryl methyl sites for hydroxylation is 1. The summed E-state index contributed by atoms with van der Waals surface area (Å²) in [5, 5.41) is 0. The average Bonchev–Trinajstić information content (AvgIpc) is 3.29. The maximum atomic E-state index is 13.8. The molecule has 30 heavy (non-hydrogen) atoms. The summed E-state index contributed by atoms with van der Waals surface area (Å²) >= 11 is 0. The van der Waals surface area contributed by atoms with Crippen LogP contribution in [0.4, 0.5) is 16.2 Å². The van der Waals surface area contributed by atoms with Crippen LogP contribution < -0.4 is 14.5 Å². The minimum absolute atomic E-state index is 0.0999. The molecule has 2 aliphatic heterocycles. The summed E-state index contributed by atoms with van der Waals surface area (Å²) in [5.74, 6) is 1.22. The van der Waals surface area contributed by atoms with Crippen LogP contribution in [0.15, 0.2) is 30.3 Å². The van der Waals surface area contributed by atoms with E-state index in [0.29, 0.717) is 26.2 Å². The monoisotopic (exact) mass is 413 g/mol. The van der Waals surface area contributed by atoms with Crippen LogP contribution >= 0.6 is 0 Å². The molecule has 0 aliphatic carbocycles. The summed E-state index contributed by atoms with van der Waals surface area (Å²) in [7, 11) is 0. The molecule has 4 rings (SSSR count). The number of para-hydroxylation sites is 1. The zero-order valence-corrected chi connectivity index (χ0v) is 17.6. The average molecular weight is 413 g/mol.